The molecule has 5 rings (SSSR count). The van der Waals surface area contributed by atoms with E-state index in [9.17, 15) is 9.59 Å². The van der Waals surface area contributed by atoms with Crippen LogP contribution in [-0.2, 0) is 0 Å². The predicted molar refractivity (Wildman–Crippen MR) is 164 cm³/mol. The Bertz CT molecular complexity index is 1780. The number of ether oxygens (including phenoxy) is 2. The Morgan fingerprint density at radius 3 is 2.58 bits per heavy atom. The minimum atomic E-state index is -0.562. The number of aromatic amines is 1. The lowest BCUT2D eigenvalue weighted by atomic mass is 10.0. The number of carbonyl (C=O) groups is 2. The van der Waals surface area contributed by atoms with Crippen LogP contribution in [0, 0.1) is 0 Å². The lowest BCUT2D eigenvalue weighted by Crippen LogP contribution is -2.19. The van der Waals surface area contributed by atoms with Gasteiger partial charge in [-0.25, -0.2) is 10.2 Å². The van der Waals surface area contributed by atoms with Crippen molar-refractivity contribution >= 4 is 72.5 Å². The summed E-state index contributed by atoms with van der Waals surface area (Å²) in [5.41, 5.74) is 5.79. The van der Waals surface area contributed by atoms with Crippen LogP contribution in [0.1, 0.15) is 26.4 Å². The quantitative estimate of drug-likeness (QED) is 0.0788. The second-order valence-corrected chi connectivity index (χ2v) is 10.7. The third-order valence-electron chi connectivity index (χ3n) is 6.00. The minimum absolute atomic E-state index is 0.264. The monoisotopic (exact) mass is 679 g/mol. The van der Waals surface area contributed by atoms with Gasteiger partial charge in [-0.05, 0) is 64.5 Å². The van der Waals surface area contributed by atoms with E-state index in [0.717, 1.165) is 19.8 Å². The van der Waals surface area contributed by atoms with E-state index in [1.165, 1.54) is 13.3 Å². The van der Waals surface area contributed by atoms with E-state index in [1.54, 1.807) is 48.5 Å². The number of hydrazone groups is 1. The number of benzene rings is 4. The molecule has 0 aliphatic rings. The third-order valence-corrected chi connectivity index (χ3v) is 7.49. The fourth-order valence-electron chi connectivity index (χ4n) is 4.13. The highest BCUT2D eigenvalue weighted by Gasteiger charge is 2.22. The number of methoxy groups -OCH3 is 1. The summed E-state index contributed by atoms with van der Waals surface area (Å²) in [6.45, 7) is 0. The molecule has 200 valence electrons. The summed E-state index contributed by atoms with van der Waals surface area (Å²) in [5, 5.41) is 5.50. The van der Waals surface area contributed by atoms with Gasteiger partial charge in [0, 0.05) is 36.0 Å². The Labute approximate surface area is 251 Å². The van der Waals surface area contributed by atoms with Crippen molar-refractivity contribution in [1.82, 2.24) is 10.4 Å². The van der Waals surface area contributed by atoms with Crippen molar-refractivity contribution in [3.8, 4) is 22.6 Å². The Morgan fingerprint density at radius 1 is 0.975 bits per heavy atom. The molecule has 2 N–H and O–H groups in total. The molecule has 5 aromatic rings. The van der Waals surface area contributed by atoms with Crippen LogP contribution in [0.25, 0.3) is 22.0 Å². The molecule has 0 unspecified atom stereocenters. The fraction of sp³-hybridized carbons (Fsp3) is 0.0333. The van der Waals surface area contributed by atoms with Gasteiger partial charge >= 0.3 is 5.97 Å². The lowest BCUT2D eigenvalue weighted by Gasteiger charge is -2.09. The number of rotatable bonds is 7. The Hall–Kier alpha value is -3.92. The molecular formula is C30H20Br2ClN3O4. The van der Waals surface area contributed by atoms with E-state index in [2.05, 4.69) is 47.4 Å². The van der Waals surface area contributed by atoms with Gasteiger partial charge in [0.15, 0.2) is 0 Å². The molecule has 0 atom stereocenters. The fourth-order valence-corrected chi connectivity index (χ4v) is 5.21. The first-order chi connectivity index (χ1) is 19.4. The van der Waals surface area contributed by atoms with Crippen LogP contribution >= 0.6 is 43.5 Å². The van der Waals surface area contributed by atoms with E-state index in [-0.39, 0.29) is 5.75 Å². The first-order valence-corrected chi connectivity index (χ1v) is 13.9. The van der Waals surface area contributed by atoms with E-state index < -0.39 is 11.9 Å². The van der Waals surface area contributed by atoms with Gasteiger partial charge in [-0.2, -0.15) is 5.10 Å². The molecule has 0 aliphatic heterocycles. The average molecular weight is 682 g/mol. The molecule has 10 heteroatoms. The number of H-pyrrole nitrogens is 1. The Morgan fingerprint density at radius 2 is 1.77 bits per heavy atom. The minimum Gasteiger partial charge on any atom is -0.497 e. The summed E-state index contributed by atoms with van der Waals surface area (Å²) < 4.78 is 12.4. The molecule has 0 bridgehead atoms. The van der Waals surface area contributed by atoms with Crippen molar-refractivity contribution in [3.63, 3.8) is 0 Å². The number of halogens is 3. The van der Waals surface area contributed by atoms with Crippen molar-refractivity contribution in [3.05, 3.63) is 116 Å². The second-order valence-electron chi connectivity index (χ2n) is 8.52. The summed E-state index contributed by atoms with van der Waals surface area (Å²) >= 11 is 13.5. The van der Waals surface area contributed by atoms with Crippen LogP contribution in [0.5, 0.6) is 11.5 Å². The first kappa shape index (κ1) is 27.6. The molecule has 0 aliphatic carbocycles. The molecule has 0 saturated heterocycles. The zero-order chi connectivity index (χ0) is 28.2. The summed E-state index contributed by atoms with van der Waals surface area (Å²) in [6, 6.07) is 24.8. The van der Waals surface area contributed by atoms with Gasteiger partial charge in [-0.1, -0.05) is 63.9 Å². The highest BCUT2D eigenvalue weighted by Crippen LogP contribution is 2.38. The van der Waals surface area contributed by atoms with Crippen LogP contribution in [0.2, 0.25) is 5.02 Å². The van der Waals surface area contributed by atoms with Gasteiger partial charge in [0.05, 0.1) is 24.4 Å². The van der Waals surface area contributed by atoms with Gasteiger partial charge in [-0.3, -0.25) is 4.79 Å². The third kappa shape index (κ3) is 5.82. The molecule has 0 radical (unpaired) electrons. The first-order valence-electron chi connectivity index (χ1n) is 11.9. The molecule has 0 spiro atoms. The number of fused-ring (bicyclic) bond motifs is 1. The second kappa shape index (κ2) is 12.1. The number of para-hydroxylation sites is 1. The smallest absolute Gasteiger partial charge is 0.343 e. The van der Waals surface area contributed by atoms with Crippen molar-refractivity contribution in [2.75, 3.05) is 7.11 Å². The van der Waals surface area contributed by atoms with Gasteiger partial charge < -0.3 is 14.5 Å². The van der Waals surface area contributed by atoms with E-state index in [4.69, 9.17) is 21.1 Å². The standard InChI is InChI=1S/C30H20Br2ClN3O4/c1-39-20-7-4-6-17(15-20)30(38)40-25-13-12-19(31)14-18(25)16-34-36-29(37)28-26(21-8-2-3-11-24(21)33)22-9-5-10-23(32)27(22)35-28/h2-16,35H,1H3,(H,36,37). The highest BCUT2D eigenvalue weighted by atomic mass is 79.9. The Balaban J connectivity index is 1.43. The van der Waals surface area contributed by atoms with Crippen LogP contribution < -0.4 is 14.9 Å². The summed E-state index contributed by atoms with van der Waals surface area (Å²) in [6.07, 6.45) is 1.41. The molecule has 7 nitrogen and oxygen atoms in total. The number of carbonyl (C=O) groups excluding carboxylic acids is 2. The average Bonchev–Trinajstić information content (AvgIpc) is 3.35. The highest BCUT2D eigenvalue weighted by molar-refractivity contribution is 9.11. The molecule has 40 heavy (non-hydrogen) atoms. The van der Waals surface area contributed by atoms with Crippen molar-refractivity contribution in [2.45, 2.75) is 0 Å². The van der Waals surface area contributed by atoms with Gasteiger partial charge in [0.25, 0.3) is 5.91 Å². The zero-order valence-electron chi connectivity index (χ0n) is 20.9. The van der Waals surface area contributed by atoms with E-state index in [0.29, 0.717) is 38.7 Å². The number of amides is 1. The van der Waals surface area contributed by atoms with Gasteiger partial charge in [-0.15, -0.1) is 0 Å². The Kier molecular flexibility index (Phi) is 8.35. The number of nitrogens with one attached hydrogen (secondary N) is 2. The molecule has 0 saturated carbocycles. The van der Waals surface area contributed by atoms with Crippen molar-refractivity contribution < 1.29 is 19.1 Å². The van der Waals surface area contributed by atoms with E-state index in [1.807, 2.05) is 36.4 Å². The van der Waals surface area contributed by atoms with Crippen LogP contribution in [0.4, 0.5) is 0 Å². The maximum Gasteiger partial charge on any atom is 0.343 e. The van der Waals surface area contributed by atoms with Gasteiger partial charge in [0.2, 0.25) is 0 Å². The molecule has 0 fully saturated rings. The zero-order valence-corrected chi connectivity index (χ0v) is 24.8. The maximum absolute atomic E-state index is 13.4. The maximum atomic E-state index is 13.4. The molecule has 4 aromatic carbocycles. The summed E-state index contributed by atoms with van der Waals surface area (Å²) in [7, 11) is 1.52. The SMILES string of the molecule is COc1cccc(C(=O)Oc2ccc(Br)cc2C=NNC(=O)c2[nH]c3c(Br)cccc3c2-c2ccccc2Cl)c1. The van der Waals surface area contributed by atoms with Crippen LogP contribution in [0.15, 0.2) is 99.0 Å². The van der Waals surface area contributed by atoms with Crippen molar-refractivity contribution in [1.29, 1.82) is 0 Å². The number of esters is 1. The normalized spacial score (nSPS) is 11.1. The number of aromatic nitrogens is 1. The molecular weight excluding hydrogens is 662 g/mol. The number of nitrogens with zero attached hydrogens (tertiary/aromatic N) is 1. The van der Waals surface area contributed by atoms with Crippen LogP contribution in [0.3, 0.4) is 0 Å². The van der Waals surface area contributed by atoms with E-state index >= 15 is 0 Å². The van der Waals surface area contributed by atoms with Crippen LogP contribution in [-0.4, -0.2) is 30.2 Å². The topological polar surface area (TPSA) is 92.8 Å². The number of hydrogen-bond acceptors (Lipinski definition) is 5. The largest absolute Gasteiger partial charge is 0.497 e. The van der Waals surface area contributed by atoms with Crippen molar-refractivity contribution in [2.24, 2.45) is 5.10 Å². The lowest BCUT2D eigenvalue weighted by molar-refractivity contribution is 0.0733. The molecule has 1 amide bonds. The molecule has 1 aromatic heterocycles. The summed E-state index contributed by atoms with van der Waals surface area (Å²) in [5.74, 6) is -0.234. The number of hydrogen-bond donors (Lipinski definition) is 2. The summed E-state index contributed by atoms with van der Waals surface area (Å²) in [4.78, 5) is 29.4. The molecule has 1 heterocycles. The van der Waals surface area contributed by atoms with Gasteiger partial charge in [0.1, 0.15) is 17.2 Å². The predicted octanol–water partition coefficient (Wildman–Crippen LogP) is 8.01.